The van der Waals surface area contributed by atoms with Gasteiger partial charge in [-0.15, -0.1) is 0 Å². The van der Waals surface area contributed by atoms with Gasteiger partial charge < -0.3 is 9.80 Å². The minimum Gasteiger partial charge on any atom is -0.320 e. The van der Waals surface area contributed by atoms with Crippen LogP contribution in [0.2, 0.25) is 0 Å². The van der Waals surface area contributed by atoms with E-state index in [-0.39, 0.29) is 13.1 Å². The van der Waals surface area contributed by atoms with Crippen molar-refractivity contribution in [3.8, 4) is 27.8 Å². The Morgan fingerprint density at radius 3 is 2.66 bits per heavy atom. The maximum absolute atomic E-state index is 13.0. The third-order valence-electron chi connectivity index (χ3n) is 5.91. The molecule has 2 aliphatic rings. The summed E-state index contributed by atoms with van der Waals surface area (Å²) in [4.78, 5) is 49.9. The molecule has 2 N–H and O–H groups in total. The highest BCUT2D eigenvalue weighted by atomic mass is 32.1. The van der Waals surface area contributed by atoms with Gasteiger partial charge in [0.15, 0.2) is 5.13 Å². The van der Waals surface area contributed by atoms with Crippen LogP contribution in [0.1, 0.15) is 17.0 Å². The molecule has 1 atom stereocenters. The second-order valence-electron chi connectivity index (χ2n) is 8.41. The van der Waals surface area contributed by atoms with E-state index in [1.165, 1.54) is 21.1 Å². The van der Waals surface area contributed by atoms with Crippen LogP contribution in [0.15, 0.2) is 36.4 Å². The summed E-state index contributed by atoms with van der Waals surface area (Å²) in [5, 5.41) is 14.9. The zero-order valence-corrected chi connectivity index (χ0v) is 19.8. The Bertz CT molecular complexity index is 1390. The molecule has 0 aliphatic carbocycles. The van der Waals surface area contributed by atoms with Gasteiger partial charge in [0.2, 0.25) is 0 Å². The number of rotatable bonds is 3. The minimum absolute atomic E-state index is 0.113. The van der Waals surface area contributed by atoms with Gasteiger partial charge >= 0.3 is 12.1 Å². The molecule has 3 aromatic rings. The maximum Gasteiger partial charge on any atom is 0.324 e. The van der Waals surface area contributed by atoms with Crippen LogP contribution in [0.4, 0.5) is 14.7 Å². The molecule has 35 heavy (non-hydrogen) atoms. The van der Waals surface area contributed by atoms with E-state index < -0.39 is 24.0 Å². The van der Waals surface area contributed by atoms with Gasteiger partial charge in [-0.2, -0.15) is 5.26 Å². The summed E-state index contributed by atoms with van der Waals surface area (Å²) in [7, 11) is 0. The number of hydrogen-bond acceptors (Lipinski definition) is 7. The van der Waals surface area contributed by atoms with E-state index >= 15 is 0 Å². The number of hydrogen-bond donors (Lipinski definition) is 2. The highest BCUT2D eigenvalue weighted by molar-refractivity contribution is 7.19. The Balaban J connectivity index is 1.46. The largest absolute Gasteiger partial charge is 0.324 e. The molecule has 2 saturated heterocycles. The van der Waals surface area contributed by atoms with E-state index in [0.717, 1.165) is 27.4 Å². The predicted molar refractivity (Wildman–Crippen MR) is 130 cm³/mol. The Morgan fingerprint density at radius 2 is 1.91 bits per heavy atom. The van der Waals surface area contributed by atoms with Crippen LogP contribution in [0, 0.1) is 25.2 Å². The molecular weight excluding hydrogens is 466 g/mol. The van der Waals surface area contributed by atoms with Crippen molar-refractivity contribution in [2.24, 2.45) is 0 Å². The van der Waals surface area contributed by atoms with Crippen molar-refractivity contribution in [1.29, 1.82) is 5.26 Å². The first-order chi connectivity index (χ1) is 16.8. The molecule has 5 amide bonds. The zero-order valence-electron chi connectivity index (χ0n) is 19.0. The summed E-state index contributed by atoms with van der Waals surface area (Å²) < 4.78 is 0. The number of thiazole rings is 1. The number of aromatic nitrogens is 2. The fourth-order valence-electron chi connectivity index (χ4n) is 4.33. The van der Waals surface area contributed by atoms with Crippen molar-refractivity contribution in [3.63, 3.8) is 0 Å². The predicted octanol–water partition coefficient (Wildman–Crippen LogP) is 3.13. The molecule has 1 aromatic carbocycles. The first-order valence-electron chi connectivity index (χ1n) is 11.0. The molecule has 0 spiro atoms. The monoisotopic (exact) mass is 487 g/mol. The number of nitrogens with zero attached hydrogens (tertiary/aromatic N) is 5. The normalized spacial score (nSPS) is 17.1. The fraction of sp³-hybridized carbons (Fsp3) is 0.250. The molecule has 2 aliphatic heterocycles. The molecule has 2 aromatic heterocycles. The Hall–Kier alpha value is -4.30. The second kappa shape index (κ2) is 8.81. The quantitative estimate of drug-likeness (QED) is 0.546. The number of nitrogens with one attached hydrogen (secondary N) is 2. The minimum atomic E-state index is -0.680. The maximum atomic E-state index is 13.0. The fourth-order valence-corrected chi connectivity index (χ4v) is 5.30. The lowest BCUT2D eigenvalue weighted by molar-refractivity contribution is -0.122. The van der Waals surface area contributed by atoms with Gasteiger partial charge in [0, 0.05) is 30.0 Å². The van der Waals surface area contributed by atoms with Crippen LogP contribution >= 0.6 is 11.3 Å². The van der Waals surface area contributed by atoms with E-state index in [2.05, 4.69) is 21.7 Å². The van der Waals surface area contributed by atoms with Crippen LogP contribution in [0.3, 0.4) is 0 Å². The Kier molecular flexibility index (Phi) is 5.66. The molecule has 10 nitrogen and oxygen atoms in total. The smallest absolute Gasteiger partial charge is 0.320 e. The number of piperazine rings is 1. The van der Waals surface area contributed by atoms with Gasteiger partial charge in [-0.25, -0.2) is 14.6 Å². The van der Waals surface area contributed by atoms with E-state index in [1.54, 1.807) is 18.2 Å². The van der Waals surface area contributed by atoms with Crippen molar-refractivity contribution in [3.05, 3.63) is 53.3 Å². The van der Waals surface area contributed by atoms with Gasteiger partial charge in [0.1, 0.15) is 6.04 Å². The van der Waals surface area contributed by atoms with E-state index in [1.807, 2.05) is 32.0 Å². The first kappa shape index (κ1) is 22.5. The number of aryl methyl sites for hydroxylation is 2. The number of amides is 5. The molecule has 0 radical (unpaired) electrons. The van der Waals surface area contributed by atoms with Crippen molar-refractivity contribution >= 4 is 34.4 Å². The van der Waals surface area contributed by atoms with Crippen molar-refractivity contribution < 1.29 is 14.4 Å². The van der Waals surface area contributed by atoms with E-state index in [9.17, 15) is 19.6 Å². The number of anilines is 1. The lowest BCUT2D eigenvalue weighted by Crippen LogP contribution is -2.55. The van der Waals surface area contributed by atoms with Crippen molar-refractivity contribution in [2.75, 3.05) is 25.0 Å². The summed E-state index contributed by atoms with van der Waals surface area (Å²) >= 11 is 1.33. The number of urea groups is 2. The molecule has 0 bridgehead atoms. The molecule has 176 valence electrons. The average Bonchev–Trinajstić information content (AvgIpc) is 3.38. The number of fused-ring (bicyclic) bond motifs is 1. The van der Waals surface area contributed by atoms with Crippen LogP contribution in [-0.4, -0.2) is 63.4 Å². The summed E-state index contributed by atoms with van der Waals surface area (Å²) in [5.41, 5.74) is 4.56. The molecule has 11 heteroatoms. The number of carbonyl (C=O) groups is 3. The van der Waals surface area contributed by atoms with Crippen molar-refractivity contribution in [1.82, 2.24) is 25.1 Å². The molecule has 4 heterocycles. The third-order valence-corrected chi connectivity index (χ3v) is 6.93. The number of imide groups is 1. The average molecular weight is 488 g/mol. The topological polar surface area (TPSA) is 131 Å². The van der Waals surface area contributed by atoms with Crippen molar-refractivity contribution in [2.45, 2.75) is 19.9 Å². The summed E-state index contributed by atoms with van der Waals surface area (Å²) in [6, 6.07) is 11.7. The molecule has 2 fully saturated rings. The van der Waals surface area contributed by atoms with Crippen LogP contribution in [0.25, 0.3) is 21.7 Å². The van der Waals surface area contributed by atoms with Crippen LogP contribution in [-0.2, 0) is 4.79 Å². The van der Waals surface area contributed by atoms with Gasteiger partial charge in [0.05, 0.1) is 28.7 Å². The van der Waals surface area contributed by atoms with E-state index in [4.69, 9.17) is 4.98 Å². The van der Waals surface area contributed by atoms with Crippen LogP contribution in [0.5, 0.6) is 0 Å². The highest BCUT2D eigenvalue weighted by Crippen LogP contribution is 2.39. The standard InChI is InChI=1S/C24H21N7O3S/c1-13-8-17(9-14(2)26-13)20-19(16-5-3-4-15(10-16)11-25)27-22(35-20)29-23(33)30-6-7-31-18(12-30)21(32)28-24(31)34/h3-5,8-10,18H,6-7,12H2,1-2H3,(H,27,29,33)(H,28,32,34). The zero-order chi connectivity index (χ0) is 24.7. The molecule has 0 saturated carbocycles. The van der Waals surface area contributed by atoms with Gasteiger partial charge in [0.25, 0.3) is 5.91 Å². The lowest BCUT2D eigenvalue weighted by atomic mass is 10.0. The van der Waals surface area contributed by atoms with E-state index in [0.29, 0.717) is 22.9 Å². The van der Waals surface area contributed by atoms with Crippen LogP contribution < -0.4 is 10.6 Å². The third kappa shape index (κ3) is 4.31. The summed E-state index contributed by atoms with van der Waals surface area (Å²) in [6.45, 7) is 4.53. The number of pyridine rings is 1. The highest BCUT2D eigenvalue weighted by Gasteiger charge is 2.43. The number of nitriles is 1. The molecule has 1 unspecified atom stereocenters. The Morgan fingerprint density at radius 1 is 1.14 bits per heavy atom. The van der Waals surface area contributed by atoms with Gasteiger partial charge in [-0.05, 0) is 43.7 Å². The molecule has 5 rings (SSSR count). The SMILES string of the molecule is Cc1cc(-c2sc(NC(=O)N3CCN4C(=O)NC(=O)C4C3)nc2-c2cccc(C#N)c2)cc(C)n1. The number of carbonyl (C=O) groups excluding carboxylic acids is 3. The summed E-state index contributed by atoms with van der Waals surface area (Å²) in [5.74, 6) is -0.396. The second-order valence-corrected chi connectivity index (χ2v) is 9.41. The van der Waals surface area contributed by atoms with Gasteiger partial charge in [-0.3, -0.25) is 20.4 Å². The molecular formula is C24H21N7O3S. The lowest BCUT2D eigenvalue weighted by Gasteiger charge is -2.35. The Labute approximate surface area is 205 Å². The first-order valence-corrected chi connectivity index (χ1v) is 11.8. The van der Waals surface area contributed by atoms with Gasteiger partial charge in [-0.1, -0.05) is 23.5 Å². The number of benzene rings is 1. The summed E-state index contributed by atoms with van der Waals surface area (Å²) in [6.07, 6.45) is 0.